The van der Waals surface area contributed by atoms with Crippen molar-refractivity contribution in [3.05, 3.63) is 96.4 Å². The molecule has 0 spiro atoms. The van der Waals surface area contributed by atoms with Crippen molar-refractivity contribution in [2.75, 3.05) is 0 Å². The molecule has 3 heteroatoms. The number of pyridine rings is 1. The van der Waals surface area contributed by atoms with Crippen LogP contribution in [0.5, 0.6) is 0 Å². The van der Waals surface area contributed by atoms with Crippen LogP contribution >= 0.6 is 0 Å². The summed E-state index contributed by atoms with van der Waals surface area (Å²) in [5, 5.41) is 2.52. The molecule has 0 saturated heterocycles. The number of fused-ring (bicyclic) bond motifs is 3. The maximum absolute atomic E-state index is 13.3. The van der Waals surface area contributed by atoms with Crippen molar-refractivity contribution in [3.8, 4) is 16.9 Å². The number of para-hydroxylation sites is 2. The van der Waals surface area contributed by atoms with Gasteiger partial charge in [0.05, 0.1) is 13.2 Å². The number of benzene rings is 3. The molecule has 0 aliphatic carbocycles. The summed E-state index contributed by atoms with van der Waals surface area (Å²) in [6, 6.07) is 25.8. The zero-order valence-electron chi connectivity index (χ0n) is 15.9. The second kappa shape index (κ2) is 6.31. The van der Waals surface area contributed by atoms with Gasteiger partial charge in [0.1, 0.15) is 16.9 Å². The Morgan fingerprint density at radius 3 is 2.25 bits per heavy atom. The Balaban J connectivity index is 1.77. The van der Waals surface area contributed by atoms with Crippen LogP contribution in [-0.2, 0) is 7.05 Å². The molecule has 5 aromatic rings. The molecule has 0 aliphatic rings. The average Bonchev–Trinajstić information content (AvgIpc) is 3.04. The smallest absolute Gasteiger partial charge is 0.236 e. The van der Waals surface area contributed by atoms with Crippen molar-refractivity contribution < 1.29 is 8.96 Å². The number of aryl methyl sites for hydroxylation is 2. The van der Waals surface area contributed by atoms with E-state index in [-0.39, 0.29) is 5.82 Å². The first kappa shape index (κ1) is 16.7. The Morgan fingerprint density at radius 2 is 1.46 bits per heavy atom. The summed E-state index contributed by atoms with van der Waals surface area (Å²) in [6.07, 6.45) is 2.10. The third kappa shape index (κ3) is 2.51. The van der Waals surface area contributed by atoms with Crippen molar-refractivity contribution in [2.45, 2.75) is 6.92 Å². The summed E-state index contributed by atoms with van der Waals surface area (Å²) in [7, 11) is 2.06. The average molecular weight is 367 g/mol. The highest BCUT2D eigenvalue weighted by Gasteiger charge is 2.22. The highest BCUT2D eigenvalue weighted by molar-refractivity contribution is 6.09. The zero-order chi connectivity index (χ0) is 19.3. The van der Waals surface area contributed by atoms with Gasteiger partial charge in [-0.25, -0.2) is 8.96 Å². The minimum absolute atomic E-state index is 0.217. The van der Waals surface area contributed by atoms with E-state index in [4.69, 9.17) is 0 Å². The van der Waals surface area contributed by atoms with Crippen molar-refractivity contribution in [1.29, 1.82) is 0 Å². The standard InChI is InChI=1S/C25H20FN2/c1-17-6-5-8-22-21-7-3-4-9-23(21)28(25(17)22)24-15-12-19(16-27(24)2)18-10-13-20(26)14-11-18/h3-16H,1-2H3/q+1. The minimum atomic E-state index is -0.217. The van der Waals surface area contributed by atoms with E-state index in [0.29, 0.717) is 0 Å². The van der Waals surface area contributed by atoms with Gasteiger partial charge in [-0.15, -0.1) is 0 Å². The third-order valence-corrected chi connectivity index (χ3v) is 5.41. The van der Waals surface area contributed by atoms with Crippen LogP contribution in [0.1, 0.15) is 5.56 Å². The molecule has 0 amide bonds. The van der Waals surface area contributed by atoms with Gasteiger partial charge >= 0.3 is 0 Å². The van der Waals surface area contributed by atoms with Crippen LogP contribution in [0.3, 0.4) is 0 Å². The Morgan fingerprint density at radius 1 is 0.750 bits per heavy atom. The van der Waals surface area contributed by atoms with E-state index in [1.165, 1.54) is 39.5 Å². The molecule has 2 aromatic heterocycles. The molecule has 0 fully saturated rings. The van der Waals surface area contributed by atoms with E-state index >= 15 is 0 Å². The van der Waals surface area contributed by atoms with Crippen LogP contribution in [0, 0.1) is 12.7 Å². The summed E-state index contributed by atoms with van der Waals surface area (Å²) in [5.74, 6) is 0.872. The molecule has 136 valence electrons. The zero-order valence-corrected chi connectivity index (χ0v) is 15.9. The molecule has 3 aromatic carbocycles. The van der Waals surface area contributed by atoms with Crippen LogP contribution in [0.15, 0.2) is 85.1 Å². The maximum Gasteiger partial charge on any atom is 0.286 e. The monoisotopic (exact) mass is 367 g/mol. The first-order valence-electron chi connectivity index (χ1n) is 9.38. The maximum atomic E-state index is 13.3. The number of hydrogen-bond acceptors (Lipinski definition) is 0. The lowest BCUT2D eigenvalue weighted by Crippen LogP contribution is -2.33. The predicted octanol–water partition coefficient (Wildman–Crippen LogP) is 5.72. The molecule has 2 nitrogen and oxygen atoms in total. The van der Waals surface area contributed by atoms with E-state index in [2.05, 4.69) is 83.9 Å². The van der Waals surface area contributed by atoms with Crippen molar-refractivity contribution >= 4 is 21.8 Å². The SMILES string of the molecule is Cc1cccc2c3ccccc3n(-c3ccc(-c4ccc(F)cc4)c[n+]3C)c12. The fourth-order valence-electron chi connectivity index (χ4n) is 4.07. The second-order valence-electron chi connectivity index (χ2n) is 7.22. The first-order valence-corrected chi connectivity index (χ1v) is 9.38. The summed E-state index contributed by atoms with van der Waals surface area (Å²) < 4.78 is 17.7. The quantitative estimate of drug-likeness (QED) is 0.353. The van der Waals surface area contributed by atoms with Gasteiger partial charge in [0.2, 0.25) is 0 Å². The van der Waals surface area contributed by atoms with Crippen LogP contribution in [0.25, 0.3) is 38.8 Å². The normalized spacial score (nSPS) is 11.4. The molecule has 0 bridgehead atoms. The van der Waals surface area contributed by atoms with E-state index in [0.717, 1.165) is 16.9 Å². The molecule has 0 atom stereocenters. The van der Waals surface area contributed by atoms with Crippen LogP contribution in [0.2, 0.25) is 0 Å². The number of hydrogen-bond donors (Lipinski definition) is 0. The van der Waals surface area contributed by atoms with E-state index < -0.39 is 0 Å². The molecule has 0 unspecified atom stereocenters. The van der Waals surface area contributed by atoms with Gasteiger partial charge in [-0.05, 0) is 54.4 Å². The lowest BCUT2D eigenvalue weighted by Gasteiger charge is -2.08. The van der Waals surface area contributed by atoms with Gasteiger partial charge in [-0.3, -0.25) is 0 Å². The van der Waals surface area contributed by atoms with Gasteiger partial charge in [0.25, 0.3) is 5.82 Å². The number of halogens is 1. The summed E-state index contributed by atoms with van der Waals surface area (Å²) in [6.45, 7) is 2.16. The van der Waals surface area contributed by atoms with Crippen molar-refractivity contribution in [3.63, 3.8) is 0 Å². The summed E-state index contributed by atoms with van der Waals surface area (Å²) >= 11 is 0. The lowest BCUT2D eigenvalue weighted by molar-refractivity contribution is -0.664. The number of rotatable bonds is 2. The topological polar surface area (TPSA) is 8.81 Å². The van der Waals surface area contributed by atoms with Crippen molar-refractivity contribution in [2.24, 2.45) is 7.05 Å². The number of aromatic nitrogens is 2. The highest BCUT2D eigenvalue weighted by Crippen LogP contribution is 2.33. The van der Waals surface area contributed by atoms with Crippen molar-refractivity contribution in [1.82, 2.24) is 4.57 Å². The van der Waals surface area contributed by atoms with Crippen LogP contribution in [0.4, 0.5) is 4.39 Å². The van der Waals surface area contributed by atoms with E-state index in [1.54, 1.807) is 0 Å². The van der Waals surface area contributed by atoms with E-state index in [9.17, 15) is 4.39 Å². The fraction of sp³-hybridized carbons (Fsp3) is 0.0800. The highest BCUT2D eigenvalue weighted by atomic mass is 19.1. The van der Waals surface area contributed by atoms with E-state index in [1.807, 2.05) is 12.1 Å². The molecular weight excluding hydrogens is 347 g/mol. The molecule has 2 heterocycles. The summed E-state index contributed by atoms with van der Waals surface area (Å²) in [4.78, 5) is 0. The van der Waals surface area contributed by atoms with Gasteiger partial charge in [0, 0.05) is 22.4 Å². The first-order chi connectivity index (χ1) is 13.6. The third-order valence-electron chi connectivity index (χ3n) is 5.41. The molecule has 0 N–H and O–H groups in total. The molecular formula is C25H20FN2+. The molecule has 5 rings (SSSR count). The Kier molecular flexibility index (Phi) is 3.76. The minimum Gasteiger partial charge on any atom is -0.236 e. The summed E-state index contributed by atoms with van der Waals surface area (Å²) in [5.41, 5.74) is 5.73. The largest absolute Gasteiger partial charge is 0.286 e. The molecule has 0 saturated carbocycles. The van der Waals surface area contributed by atoms with Crippen LogP contribution in [-0.4, -0.2) is 4.57 Å². The Bertz CT molecular complexity index is 1330. The predicted molar refractivity (Wildman–Crippen MR) is 112 cm³/mol. The Labute approximate surface area is 163 Å². The second-order valence-corrected chi connectivity index (χ2v) is 7.22. The van der Waals surface area contributed by atoms with Gasteiger partial charge in [0.15, 0.2) is 0 Å². The van der Waals surface area contributed by atoms with Gasteiger partial charge < -0.3 is 0 Å². The lowest BCUT2D eigenvalue weighted by atomic mass is 10.1. The molecule has 28 heavy (non-hydrogen) atoms. The molecule has 0 radical (unpaired) electrons. The molecule has 0 aliphatic heterocycles. The van der Waals surface area contributed by atoms with Gasteiger partial charge in [-0.2, -0.15) is 4.57 Å². The van der Waals surface area contributed by atoms with Gasteiger partial charge in [-0.1, -0.05) is 36.4 Å². The number of nitrogens with zero attached hydrogens (tertiary/aromatic N) is 2. The Hall–Kier alpha value is -3.46. The fourth-order valence-corrected chi connectivity index (χ4v) is 4.07. The van der Waals surface area contributed by atoms with Crippen LogP contribution < -0.4 is 4.57 Å².